The molecule has 0 aromatic heterocycles. The van der Waals surface area contributed by atoms with Gasteiger partial charge in [-0.25, -0.2) is 0 Å². The van der Waals surface area contributed by atoms with Gasteiger partial charge in [0.1, 0.15) is 10.6 Å². The SMILES string of the molecule is CC=COc1cc(C)ccc1S(=O)(=O)O. The molecule has 0 unspecified atom stereocenters. The maximum absolute atomic E-state index is 11.0. The molecule has 0 amide bonds. The highest BCUT2D eigenvalue weighted by Crippen LogP contribution is 2.24. The first-order chi connectivity index (χ1) is 6.95. The van der Waals surface area contributed by atoms with Crippen molar-refractivity contribution < 1.29 is 17.7 Å². The average molecular weight is 228 g/mol. The third kappa shape index (κ3) is 3.07. The highest BCUT2D eigenvalue weighted by Gasteiger charge is 2.15. The lowest BCUT2D eigenvalue weighted by molar-refractivity contribution is 0.448. The van der Waals surface area contributed by atoms with Gasteiger partial charge in [0.05, 0.1) is 6.26 Å². The number of hydrogen-bond donors (Lipinski definition) is 1. The summed E-state index contributed by atoms with van der Waals surface area (Å²) >= 11 is 0. The van der Waals surface area contributed by atoms with Crippen molar-refractivity contribution in [2.24, 2.45) is 0 Å². The second-order valence-electron chi connectivity index (χ2n) is 3.01. The quantitative estimate of drug-likeness (QED) is 0.636. The van der Waals surface area contributed by atoms with Crippen molar-refractivity contribution in [1.29, 1.82) is 0 Å². The Hall–Kier alpha value is -1.33. The molecule has 0 spiro atoms. The Balaban J connectivity index is 3.27. The van der Waals surface area contributed by atoms with Crippen molar-refractivity contribution in [1.82, 2.24) is 0 Å². The molecular formula is C10H12O4S. The number of rotatable bonds is 3. The molecule has 0 saturated carbocycles. The highest BCUT2D eigenvalue weighted by molar-refractivity contribution is 7.86. The van der Waals surface area contributed by atoms with Crippen LogP contribution >= 0.6 is 0 Å². The lowest BCUT2D eigenvalue weighted by Gasteiger charge is -2.06. The fourth-order valence-corrected chi connectivity index (χ4v) is 1.66. The van der Waals surface area contributed by atoms with E-state index in [1.165, 1.54) is 12.3 Å². The first-order valence-electron chi connectivity index (χ1n) is 4.31. The van der Waals surface area contributed by atoms with E-state index in [2.05, 4.69) is 0 Å². The molecule has 0 saturated heterocycles. The molecule has 0 heterocycles. The molecule has 1 aromatic carbocycles. The number of aryl methyl sites for hydroxylation is 1. The molecular weight excluding hydrogens is 216 g/mol. The molecule has 0 bridgehead atoms. The monoisotopic (exact) mass is 228 g/mol. The van der Waals surface area contributed by atoms with E-state index in [-0.39, 0.29) is 10.6 Å². The lowest BCUT2D eigenvalue weighted by atomic mass is 10.2. The van der Waals surface area contributed by atoms with Crippen molar-refractivity contribution in [3.05, 3.63) is 36.1 Å². The minimum absolute atomic E-state index is 0.121. The Morgan fingerprint density at radius 3 is 2.60 bits per heavy atom. The van der Waals surface area contributed by atoms with Gasteiger partial charge in [-0.3, -0.25) is 4.55 Å². The van der Waals surface area contributed by atoms with Crippen LogP contribution in [-0.2, 0) is 10.1 Å². The fraction of sp³-hybridized carbons (Fsp3) is 0.200. The summed E-state index contributed by atoms with van der Waals surface area (Å²) in [6.45, 7) is 3.54. The summed E-state index contributed by atoms with van der Waals surface area (Å²) in [4.78, 5) is -0.230. The summed E-state index contributed by atoms with van der Waals surface area (Å²) in [7, 11) is -4.24. The molecule has 0 radical (unpaired) electrons. The van der Waals surface area contributed by atoms with Crippen molar-refractivity contribution in [2.45, 2.75) is 18.7 Å². The third-order valence-electron chi connectivity index (χ3n) is 1.71. The van der Waals surface area contributed by atoms with Gasteiger partial charge >= 0.3 is 0 Å². The average Bonchev–Trinajstić information content (AvgIpc) is 2.12. The van der Waals surface area contributed by atoms with E-state index in [0.717, 1.165) is 5.56 Å². The van der Waals surface area contributed by atoms with Crippen LogP contribution in [0, 0.1) is 6.92 Å². The second kappa shape index (κ2) is 4.46. The van der Waals surface area contributed by atoms with Gasteiger partial charge in [0.25, 0.3) is 10.1 Å². The van der Waals surface area contributed by atoms with Crippen molar-refractivity contribution in [3.63, 3.8) is 0 Å². The Morgan fingerprint density at radius 2 is 2.07 bits per heavy atom. The Morgan fingerprint density at radius 1 is 1.40 bits per heavy atom. The minimum atomic E-state index is -4.24. The topological polar surface area (TPSA) is 63.6 Å². The van der Waals surface area contributed by atoms with Crippen LogP contribution in [-0.4, -0.2) is 13.0 Å². The van der Waals surface area contributed by atoms with Crippen LogP contribution < -0.4 is 4.74 Å². The molecule has 1 rings (SSSR count). The smallest absolute Gasteiger partial charge is 0.298 e. The summed E-state index contributed by atoms with van der Waals surface area (Å²) in [5.41, 5.74) is 0.849. The van der Waals surface area contributed by atoms with Gasteiger partial charge in [-0.1, -0.05) is 12.1 Å². The van der Waals surface area contributed by atoms with E-state index in [1.807, 2.05) is 0 Å². The van der Waals surface area contributed by atoms with E-state index < -0.39 is 10.1 Å². The van der Waals surface area contributed by atoms with Crippen LogP contribution in [0.1, 0.15) is 12.5 Å². The molecule has 82 valence electrons. The maximum Gasteiger partial charge on any atom is 0.298 e. The molecule has 0 aliphatic heterocycles. The standard InChI is InChI=1S/C10H12O4S/c1-3-6-14-9-7-8(2)4-5-10(9)15(11,12)13/h3-7H,1-2H3,(H,11,12,13). The molecule has 4 nitrogen and oxygen atoms in total. The largest absolute Gasteiger partial charge is 0.464 e. The van der Waals surface area contributed by atoms with Crippen molar-refractivity contribution >= 4 is 10.1 Å². The van der Waals surface area contributed by atoms with Gasteiger partial charge < -0.3 is 4.74 Å². The fourth-order valence-electron chi connectivity index (χ4n) is 1.06. The van der Waals surface area contributed by atoms with Crippen LogP contribution in [0.5, 0.6) is 5.75 Å². The van der Waals surface area contributed by atoms with Crippen molar-refractivity contribution in [3.8, 4) is 5.75 Å². The predicted octanol–water partition coefficient (Wildman–Crippen LogP) is 2.15. The van der Waals surface area contributed by atoms with Gasteiger partial charge in [-0.15, -0.1) is 0 Å². The minimum Gasteiger partial charge on any atom is -0.464 e. The third-order valence-corrected chi connectivity index (χ3v) is 2.60. The van der Waals surface area contributed by atoms with Crippen LogP contribution in [0.2, 0.25) is 0 Å². The maximum atomic E-state index is 11.0. The van der Waals surface area contributed by atoms with Crippen LogP contribution in [0.15, 0.2) is 35.4 Å². The van der Waals surface area contributed by atoms with Crippen LogP contribution in [0.3, 0.4) is 0 Å². The van der Waals surface area contributed by atoms with Gasteiger partial charge in [-0.2, -0.15) is 8.42 Å². The van der Waals surface area contributed by atoms with E-state index in [9.17, 15) is 8.42 Å². The number of benzene rings is 1. The molecule has 0 atom stereocenters. The van der Waals surface area contributed by atoms with E-state index >= 15 is 0 Å². The molecule has 1 aromatic rings. The van der Waals surface area contributed by atoms with E-state index in [4.69, 9.17) is 9.29 Å². The Kier molecular flexibility index (Phi) is 3.49. The van der Waals surface area contributed by atoms with Crippen LogP contribution in [0.4, 0.5) is 0 Å². The molecule has 0 fully saturated rings. The first kappa shape index (κ1) is 11.7. The molecule has 15 heavy (non-hydrogen) atoms. The molecule has 0 aliphatic rings. The normalized spacial score (nSPS) is 11.9. The zero-order valence-corrected chi connectivity index (χ0v) is 9.28. The highest BCUT2D eigenvalue weighted by atomic mass is 32.2. The van der Waals surface area contributed by atoms with Gasteiger partial charge in [0, 0.05) is 0 Å². The molecule has 0 aliphatic carbocycles. The summed E-state index contributed by atoms with van der Waals surface area (Å²) in [6, 6.07) is 4.44. The Labute approximate surface area is 88.9 Å². The first-order valence-corrected chi connectivity index (χ1v) is 5.75. The Bertz CT molecular complexity index is 474. The zero-order valence-electron chi connectivity index (χ0n) is 8.47. The van der Waals surface area contributed by atoms with E-state index in [0.29, 0.717) is 0 Å². The van der Waals surface area contributed by atoms with Gasteiger partial charge in [0.15, 0.2) is 0 Å². The lowest BCUT2D eigenvalue weighted by Crippen LogP contribution is -2.01. The summed E-state index contributed by atoms with van der Waals surface area (Å²) < 4.78 is 36.0. The van der Waals surface area contributed by atoms with Crippen LogP contribution in [0.25, 0.3) is 0 Å². The number of hydrogen-bond acceptors (Lipinski definition) is 3. The zero-order chi connectivity index (χ0) is 11.5. The van der Waals surface area contributed by atoms with Gasteiger partial charge in [-0.05, 0) is 31.5 Å². The number of ether oxygens (including phenoxy) is 1. The second-order valence-corrected chi connectivity index (χ2v) is 4.40. The molecule has 1 N–H and O–H groups in total. The summed E-state index contributed by atoms with van der Waals surface area (Å²) in [5, 5.41) is 0. The molecule has 5 heteroatoms. The van der Waals surface area contributed by atoms with Crippen molar-refractivity contribution in [2.75, 3.05) is 0 Å². The van der Waals surface area contributed by atoms with E-state index in [1.54, 1.807) is 32.1 Å². The van der Waals surface area contributed by atoms with Gasteiger partial charge in [0.2, 0.25) is 0 Å². The number of allylic oxidation sites excluding steroid dienone is 1. The predicted molar refractivity (Wildman–Crippen MR) is 56.4 cm³/mol. The summed E-state index contributed by atoms with van der Waals surface area (Å²) in [5.74, 6) is 0.121. The summed E-state index contributed by atoms with van der Waals surface area (Å²) in [6.07, 6.45) is 2.97.